The number of carbonyl (C=O) groups excluding carboxylic acids is 1. The van der Waals surface area contributed by atoms with Gasteiger partial charge in [0.2, 0.25) is 5.91 Å². The first kappa shape index (κ1) is 17.5. The van der Waals surface area contributed by atoms with E-state index in [1.807, 2.05) is 12.1 Å². The summed E-state index contributed by atoms with van der Waals surface area (Å²) in [5.74, 6) is 1.52. The molecule has 0 bridgehead atoms. The summed E-state index contributed by atoms with van der Waals surface area (Å²) < 4.78 is 0. The molecule has 2 aromatic rings. The van der Waals surface area contributed by atoms with Crippen molar-refractivity contribution in [2.45, 2.75) is 12.2 Å². The Kier molecular flexibility index (Phi) is 6.90. The average molecular weight is 375 g/mol. The molecule has 2 aromatic carbocycles. The number of hydrogen-bond donors (Lipinski definition) is 1. The van der Waals surface area contributed by atoms with Gasteiger partial charge >= 0.3 is 0 Å². The molecule has 2 nitrogen and oxygen atoms in total. The lowest BCUT2D eigenvalue weighted by molar-refractivity contribution is -0.115. The number of amides is 1. The molecule has 0 aliphatic heterocycles. The minimum atomic E-state index is -0.0102. The maximum absolute atomic E-state index is 11.8. The number of benzene rings is 2. The van der Waals surface area contributed by atoms with Crippen LogP contribution in [-0.2, 0) is 10.5 Å². The van der Waals surface area contributed by atoms with E-state index in [2.05, 4.69) is 5.32 Å². The third kappa shape index (κ3) is 5.73. The largest absolute Gasteiger partial charge is 0.326 e. The Labute approximate surface area is 149 Å². The fourth-order valence-corrected chi connectivity index (χ4v) is 3.08. The Morgan fingerprint density at radius 1 is 1.00 bits per heavy atom. The van der Waals surface area contributed by atoms with Gasteiger partial charge in [-0.15, -0.1) is 0 Å². The van der Waals surface area contributed by atoms with Crippen LogP contribution in [0, 0.1) is 0 Å². The van der Waals surface area contributed by atoms with Crippen molar-refractivity contribution in [1.29, 1.82) is 0 Å². The van der Waals surface area contributed by atoms with Crippen LogP contribution in [0.4, 0.5) is 5.69 Å². The third-order valence-electron chi connectivity index (χ3n) is 2.85. The molecule has 22 heavy (non-hydrogen) atoms. The van der Waals surface area contributed by atoms with Gasteiger partial charge in [-0.2, -0.15) is 11.8 Å². The van der Waals surface area contributed by atoms with Crippen LogP contribution in [0.5, 0.6) is 0 Å². The molecule has 6 heteroatoms. The highest BCUT2D eigenvalue weighted by molar-refractivity contribution is 7.98. The molecule has 0 heterocycles. The molecule has 0 spiro atoms. The maximum Gasteiger partial charge on any atom is 0.225 e. The van der Waals surface area contributed by atoms with Gasteiger partial charge < -0.3 is 5.32 Å². The van der Waals surface area contributed by atoms with Crippen LogP contribution >= 0.6 is 46.6 Å². The van der Waals surface area contributed by atoms with Crippen LogP contribution in [0.15, 0.2) is 42.5 Å². The normalized spacial score (nSPS) is 10.5. The SMILES string of the molecule is O=C(CCSCc1ccc(Cl)c(Cl)c1)Nc1ccc(Cl)cc1. The highest BCUT2D eigenvalue weighted by Crippen LogP contribution is 2.24. The summed E-state index contributed by atoms with van der Waals surface area (Å²) in [5, 5.41) is 4.59. The summed E-state index contributed by atoms with van der Waals surface area (Å²) >= 11 is 19.3. The van der Waals surface area contributed by atoms with Crippen LogP contribution in [0.3, 0.4) is 0 Å². The summed E-state index contributed by atoms with van der Waals surface area (Å²) in [5.41, 5.74) is 1.85. The van der Waals surface area contributed by atoms with Gasteiger partial charge in [-0.25, -0.2) is 0 Å². The molecule has 0 radical (unpaired) electrons. The van der Waals surface area contributed by atoms with E-state index < -0.39 is 0 Å². The van der Waals surface area contributed by atoms with E-state index in [9.17, 15) is 4.79 Å². The van der Waals surface area contributed by atoms with E-state index in [0.717, 1.165) is 22.8 Å². The van der Waals surface area contributed by atoms with Crippen molar-refractivity contribution in [3.8, 4) is 0 Å². The van der Waals surface area contributed by atoms with Crippen LogP contribution < -0.4 is 5.32 Å². The van der Waals surface area contributed by atoms with Crippen LogP contribution in [0.25, 0.3) is 0 Å². The number of hydrogen-bond acceptors (Lipinski definition) is 2. The van der Waals surface area contributed by atoms with Gasteiger partial charge in [0.05, 0.1) is 10.0 Å². The van der Waals surface area contributed by atoms with Gasteiger partial charge in [-0.3, -0.25) is 4.79 Å². The predicted molar refractivity (Wildman–Crippen MR) is 97.3 cm³/mol. The zero-order valence-corrected chi connectivity index (χ0v) is 14.7. The zero-order chi connectivity index (χ0) is 15.9. The lowest BCUT2D eigenvalue weighted by atomic mass is 10.2. The Hall–Kier alpha value is -0.870. The number of halogens is 3. The fraction of sp³-hybridized carbons (Fsp3) is 0.188. The summed E-state index contributed by atoms with van der Waals surface area (Å²) in [7, 11) is 0. The first-order valence-corrected chi connectivity index (χ1v) is 8.90. The molecular formula is C16H14Cl3NOS. The Balaban J connectivity index is 1.70. The van der Waals surface area contributed by atoms with E-state index in [1.165, 1.54) is 0 Å². The van der Waals surface area contributed by atoms with Crippen molar-refractivity contribution in [3.05, 3.63) is 63.1 Å². The molecule has 116 valence electrons. The number of thioether (sulfide) groups is 1. The molecule has 2 rings (SSSR count). The standard InChI is InChI=1S/C16H14Cl3NOS/c17-12-2-4-13(5-3-12)20-16(21)7-8-22-10-11-1-6-14(18)15(19)9-11/h1-6,9H,7-8,10H2,(H,20,21). The first-order valence-electron chi connectivity index (χ1n) is 6.61. The van der Waals surface area contributed by atoms with Gasteiger partial charge in [0.15, 0.2) is 0 Å². The molecule has 1 N–H and O–H groups in total. The van der Waals surface area contributed by atoms with E-state index >= 15 is 0 Å². The third-order valence-corrected chi connectivity index (χ3v) is 4.88. The highest BCUT2D eigenvalue weighted by Gasteiger charge is 2.04. The van der Waals surface area contributed by atoms with Crippen molar-refractivity contribution >= 4 is 58.2 Å². The minimum Gasteiger partial charge on any atom is -0.326 e. The monoisotopic (exact) mass is 373 g/mol. The molecule has 1 amide bonds. The lowest BCUT2D eigenvalue weighted by Crippen LogP contribution is -2.12. The van der Waals surface area contributed by atoms with Crippen LogP contribution in [0.2, 0.25) is 15.1 Å². The number of anilines is 1. The zero-order valence-electron chi connectivity index (χ0n) is 11.6. The Morgan fingerprint density at radius 2 is 1.73 bits per heavy atom. The second-order valence-corrected chi connectivity index (χ2v) is 6.96. The highest BCUT2D eigenvalue weighted by atomic mass is 35.5. The topological polar surface area (TPSA) is 29.1 Å². The van der Waals surface area contributed by atoms with Crippen LogP contribution in [0.1, 0.15) is 12.0 Å². The first-order chi connectivity index (χ1) is 10.5. The van der Waals surface area contributed by atoms with Gasteiger partial charge in [0, 0.05) is 28.6 Å². The van der Waals surface area contributed by atoms with Crippen molar-refractivity contribution < 1.29 is 4.79 Å². The molecule has 0 atom stereocenters. The van der Waals surface area contributed by atoms with E-state index in [-0.39, 0.29) is 5.91 Å². The van der Waals surface area contributed by atoms with Crippen molar-refractivity contribution in [1.82, 2.24) is 0 Å². The van der Waals surface area contributed by atoms with E-state index in [1.54, 1.807) is 42.1 Å². The lowest BCUT2D eigenvalue weighted by Gasteiger charge is -2.06. The Bertz CT molecular complexity index is 646. The van der Waals surface area contributed by atoms with E-state index in [4.69, 9.17) is 34.8 Å². The van der Waals surface area contributed by atoms with Crippen LogP contribution in [-0.4, -0.2) is 11.7 Å². The van der Waals surface area contributed by atoms with Gasteiger partial charge in [0.25, 0.3) is 0 Å². The fourth-order valence-electron chi connectivity index (χ4n) is 1.74. The van der Waals surface area contributed by atoms with Gasteiger partial charge in [0.1, 0.15) is 0 Å². The van der Waals surface area contributed by atoms with Gasteiger partial charge in [-0.05, 0) is 42.0 Å². The van der Waals surface area contributed by atoms with Gasteiger partial charge in [-0.1, -0.05) is 40.9 Å². The molecular weight excluding hydrogens is 361 g/mol. The Morgan fingerprint density at radius 3 is 2.41 bits per heavy atom. The second kappa shape index (κ2) is 8.68. The number of rotatable bonds is 6. The molecule has 0 unspecified atom stereocenters. The summed E-state index contributed by atoms with van der Waals surface area (Å²) in [4.78, 5) is 11.8. The predicted octanol–water partition coefficient (Wildman–Crippen LogP) is 5.91. The molecule has 0 saturated heterocycles. The smallest absolute Gasteiger partial charge is 0.225 e. The summed E-state index contributed by atoms with van der Waals surface area (Å²) in [6.07, 6.45) is 0.453. The molecule has 0 aromatic heterocycles. The molecule has 0 fully saturated rings. The molecule has 0 saturated carbocycles. The van der Waals surface area contributed by atoms with Crippen molar-refractivity contribution in [3.63, 3.8) is 0 Å². The average Bonchev–Trinajstić information content (AvgIpc) is 2.49. The quantitative estimate of drug-likeness (QED) is 0.637. The summed E-state index contributed by atoms with van der Waals surface area (Å²) in [6.45, 7) is 0. The van der Waals surface area contributed by atoms with E-state index in [0.29, 0.717) is 21.5 Å². The molecule has 0 aliphatic rings. The molecule has 0 aliphatic carbocycles. The number of carbonyl (C=O) groups is 1. The maximum atomic E-state index is 11.8. The van der Waals surface area contributed by atoms with Crippen molar-refractivity contribution in [2.75, 3.05) is 11.1 Å². The summed E-state index contributed by atoms with van der Waals surface area (Å²) in [6, 6.07) is 12.6. The minimum absolute atomic E-state index is 0.0102. The number of nitrogens with one attached hydrogen (secondary N) is 1. The van der Waals surface area contributed by atoms with Crippen molar-refractivity contribution in [2.24, 2.45) is 0 Å². The second-order valence-electron chi connectivity index (χ2n) is 4.61.